The molecule has 0 saturated heterocycles. The van der Waals surface area contributed by atoms with E-state index in [-0.39, 0.29) is 11.7 Å². The molecule has 2 unspecified atom stereocenters. The molecule has 2 atom stereocenters. The molecule has 1 fully saturated rings. The van der Waals surface area contributed by atoms with Crippen molar-refractivity contribution in [2.75, 3.05) is 0 Å². The number of unbranched alkanes of at least 4 members (excludes halogenated alkanes) is 1. The van der Waals surface area contributed by atoms with Crippen molar-refractivity contribution in [3.63, 3.8) is 0 Å². The Morgan fingerprint density at radius 2 is 2.03 bits per heavy atom. The number of H-pyrrole nitrogens is 1. The van der Waals surface area contributed by atoms with E-state index in [1.54, 1.807) is 15.3 Å². The van der Waals surface area contributed by atoms with Gasteiger partial charge in [-0.15, -0.1) is 10.2 Å². The summed E-state index contributed by atoms with van der Waals surface area (Å²) < 4.78 is 3.33. The first-order valence-corrected chi connectivity index (χ1v) is 11.4. The Labute approximate surface area is 195 Å². The van der Waals surface area contributed by atoms with Gasteiger partial charge in [-0.05, 0) is 53.8 Å². The number of carboxylic acids is 1. The lowest BCUT2D eigenvalue weighted by Crippen LogP contribution is -2.26. The first kappa shape index (κ1) is 21.7. The number of nitrogens with zero attached hydrogens (tertiary/aromatic N) is 6. The number of hydrogen-bond donors (Lipinski definition) is 2. The van der Waals surface area contributed by atoms with Crippen molar-refractivity contribution in [1.29, 1.82) is 0 Å². The fourth-order valence-electron chi connectivity index (χ4n) is 4.29. The number of hydrogen-bond acceptors (Lipinski definition) is 6. The van der Waals surface area contributed by atoms with Gasteiger partial charge in [-0.2, -0.15) is 5.21 Å². The molecular formula is C24H25N7O3. The largest absolute Gasteiger partial charge is 0.481 e. The molecule has 1 aromatic carbocycles. The van der Waals surface area contributed by atoms with Gasteiger partial charge in [-0.1, -0.05) is 31.5 Å². The van der Waals surface area contributed by atoms with E-state index in [0.29, 0.717) is 18.8 Å². The van der Waals surface area contributed by atoms with Crippen molar-refractivity contribution in [3.8, 4) is 22.5 Å². The van der Waals surface area contributed by atoms with E-state index >= 15 is 0 Å². The van der Waals surface area contributed by atoms with E-state index in [2.05, 4.69) is 32.5 Å². The molecule has 0 bridgehead atoms. The lowest BCUT2D eigenvalue weighted by Gasteiger charge is -2.09. The van der Waals surface area contributed by atoms with Crippen LogP contribution < -0.4 is 5.69 Å². The van der Waals surface area contributed by atoms with Crippen molar-refractivity contribution in [2.45, 2.75) is 45.2 Å². The number of pyridine rings is 1. The molecule has 0 radical (unpaired) electrons. The van der Waals surface area contributed by atoms with E-state index in [1.165, 1.54) is 0 Å². The minimum atomic E-state index is -0.850. The molecule has 0 aliphatic heterocycles. The van der Waals surface area contributed by atoms with Crippen molar-refractivity contribution in [1.82, 2.24) is 34.7 Å². The quantitative estimate of drug-likeness (QED) is 0.393. The molecule has 3 heterocycles. The summed E-state index contributed by atoms with van der Waals surface area (Å²) in [7, 11) is 0. The molecule has 4 aromatic rings. The standard InChI is InChI=1S/C24H25N7O3/c1-2-3-7-19-14-31(21-12-20(21)23(32)33)24(34)30(19)13-18-11-16(8-9-25-18)15-5-4-6-17(10-15)22-26-28-29-27-22/h4-6,8-11,14,20-21H,2-3,7,12-13H2,1H3,(H,32,33)(H,26,27,28,29). The fourth-order valence-corrected chi connectivity index (χ4v) is 4.29. The van der Waals surface area contributed by atoms with Crippen LogP contribution in [0.1, 0.15) is 43.6 Å². The summed E-state index contributed by atoms with van der Waals surface area (Å²) in [5.41, 5.74) is 4.28. The molecule has 2 N–H and O–H groups in total. The summed E-state index contributed by atoms with van der Waals surface area (Å²) in [6, 6.07) is 11.5. The average Bonchev–Trinajstić information content (AvgIpc) is 3.34. The Bertz CT molecular complexity index is 1370. The van der Waals surface area contributed by atoms with Crippen molar-refractivity contribution < 1.29 is 9.90 Å². The molecule has 0 amide bonds. The first-order chi connectivity index (χ1) is 16.5. The van der Waals surface area contributed by atoms with Gasteiger partial charge < -0.3 is 5.11 Å². The predicted molar refractivity (Wildman–Crippen MR) is 124 cm³/mol. The topological polar surface area (TPSA) is 132 Å². The van der Waals surface area contributed by atoms with Gasteiger partial charge in [0.05, 0.1) is 24.2 Å². The fraction of sp³-hybridized carbons (Fsp3) is 0.333. The van der Waals surface area contributed by atoms with E-state index < -0.39 is 11.9 Å². The summed E-state index contributed by atoms with van der Waals surface area (Å²) in [6.45, 7) is 2.43. The molecule has 34 heavy (non-hydrogen) atoms. The highest BCUT2D eigenvalue weighted by Crippen LogP contribution is 2.42. The highest BCUT2D eigenvalue weighted by atomic mass is 16.4. The molecule has 5 rings (SSSR count). The normalized spacial score (nSPS) is 17.1. The van der Waals surface area contributed by atoms with Crippen molar-refractivity contribution >= 4 is 5.97 Å². The number of carboxylic acid groups (broad SMARTS) is 1. The third kappa shape index (κ3) is 4.26. The Morgan fingerprint density at radius 1 is 1.21 bits per heavy atom. The zero-order valence-corrected chi connectivity index (χ0v) is 18.8. The number of imidazole rings is 1. The maximum absolute atomic E-state index is 13.2. The van der Waals surface area contributed by atoms with Crippen molar-refractivity contribution in [3.05, 3.63) is 70.7 Å². The number of nitrogens with one attached hydrogen (secondary N) is 1. The highest BCUT2D eigenvalue weighted by molar-refractivity contribution is 5.74. The molecule has 10 nitrogen and oxygen atoms in total. The average molecular weight is 460 g/mol. The Hall–Kier alpha value is -4.08. The van der Waals surface area contributed by atoms with Crippen LogP contribution in [0.4, 0.5) is 0 Å². The first-order valence-electron chi connectivity index (χ1n) is 11.4. The SMILES string of the molecule is CCCCc1cn(C2CC2C(=O)O)c(=O)n1Cc1cc(-c2cccc(-c3nn[nH]n3)c2)ccn1. The van der Waals surface area contributed by atoms with E-state index in [9.17, 15) is 14.7 Å². The third-order valence-corrected chi connectivity index (χ3v) is 6.24. The van der Waals surface area contributed by atoms with Crippen molar-refractivity contribution in [2.24, 2.45) is 5.92 Å². The number of aryl methyl sites for hydroxylation is 1. The number of aromatic amines is 1. The zero-order chi connectivity index (χ0) is 23.7. The van der Waals surface area contributed by atoms with Gasteiger partial charge in [-0.3, -0.25) is 18.9 Å². The van der Waals surface area contributed by atoms with Crippen LogP contribution in [-0.2, 0) is 17.8 Å². The molecule has 1 saturated carbocycles. The predicted octanol–water partition coefficient (Wildman–Crippen LogP) is 2.93. The monoisotopic (exact) mass is 459 g/mol. The van der Waals surface area contributed by atoms with Gasteiger partial charge >= 0.3 is 11.7 Å². The van der Waals surface area contributed by atoms with Gasteiger partial charge in [0.15, 0.2) is 0 Å². The van der Waals surface area contributed by atoms with Gasteiger partial charge in [0, 0.05) is 23.7 Å². The van der Waals surface area contributed by atoms with Crippen LogP contribution in [0.25, 0.3) is 22.5 Å². The van der Waals surface area contributed by atoms with Gasteiger partial charge in [0.25, 0.3) is 0 Å². The molecule has 174 valence electrons. The lowest BCUT2D eigenvalue weighted by molar-refractivity contribution is -0.138. The van der Waals surface area contributed by atoms with Gasteiger partial charge in [0.1, 0.15) is 0 Å². The number of aromatic nitrogens is 7. The van der Waals surface area contributed by atoms with Gasteiger partial charge in [0.2, 0.25) is 5.82 Å². The minimum absolute atomic E-state index is 0.175. The minimum Gasteiger partial charge on any atom is -0.481 e. The summed E-state index contributed by atoms with van der Waals surface area (Å²) >= 11 is 0. The van der Waals surface area contributed by atoms with Crippen LogP contribution in [0.2, 0.25) is 0 Å². The van der Waals surface area contributed by atoms with Crippen LogP contribution in [-0.4, -0.2) is 45.8 Å². The Morgan fingerprint density at radius 3 is 2.76 bits per heavy atom. The second-order valence-corrected chi connectivity index (χ2v) is 8.60. The van der Waals surface area contributed by atoms with Crippen LogP contribution in [0.15, 0.2) is 53.6 Å². The smallest absolute Gasteiger partial charge is 0.328 e. The van der Waals surface area contributed by atoms with E-state index in [0.717, 1.165) is 47.3 Å². The van der Waals surface area contributed by atoms with Crippen LogP contribution in [0.3, 0.4) is 0 Å². The number of benzene rings is 1. The summed E-state index contributed by atoms with van der Waals surface area (Å²) in [5, 5.41) is 23.5. The van der Waals surface area contributed by atoms with Gasteiger partial charge in [-0.25, -0.2) is 4.79 Å². The maximum Gasteiger partial charge on any atom is 0.328 e. The maximum atomic E-state index is 13.2. The number of carbonyl (C=O) groups is 1. The van der Waals surface area contributed by atoms with E-state index in [1.807, 2.05) is 42.6 Å². The molecule has 3 aromatic heterocycles. The molecular weight excluding hydrogens is 434 g/mol. The summed E-state index contributed by atoms with van der Waals surface area (Å²) in [5.74, 6) is -0.818. The molecule has 1 aliphatic carbocycles. The number of rotatable bonds is 9. The number of tetrazole rings is 1. The summed E-state index contributed by atoms with van der Waals surface area (Å²) in [4.78, 5) is 29.1. The Kier molecular flexibility index (Phi) is 5.79. The van der Waals surface area contributed by atoms with E-state index in [4.69, 9.17) is 0 Å². The Balaban J connectivity index is 1.45. The lowest BCUT2D eigenvalue weighted by atomic mass is 10.0. The number of aliphatic carboxylic acids is 1. The third-order valence-electron chi connectivity index (χ3n) is 6.24. The highest BCUT2D eigenvalue weighted by Gasteiger charge is 2.46. The summed E-state index contributed by atoms with van der Waals surface area (Å²) in [6.07, 6.45) is 6.79. The van der Waals surface area contributed by atoms with Crippen LogP contribution in [0.5, 0.6) is 0 Å². The second kappa shape index (κ2) is 9.05. The van der Waals surface area contributed by atoms with Crippen LogP contribution >= 0.6 is 0 Å². The second-order valence-electron chi connectivity index (χ2n) is 8.60. The van der Waals surface area contributed by atoms with Crippen LogP contribution in [0, 0.1) is 5.92 Å². The molecule has 10 heteroatoms. The molecule has 1 aliphatic rings. The molecule has 0 spiro atoms. The zero-order valence-electron chi connectivity index (χ0n) is 18.8.